The van der Waals surface area contributed by atoms with E-state index >= 15 is 0 Å². The number of halogens is 3. The Kier molecular flexibility index (Phi) is 48.9. The predicted molar refractivity (Wildman–Crippen MR) is 297 cm³/mol. The Hall–Kier alpha value is -0.116. The summed E-state index contributed by atoms with van der Waals surface area (Å²) in [6.07, 6.45) is -4.00. The molecule has 0 rings (SSSR count). The van der Waals surface area contributed by atoms with E-state index in [0.29, 0.717) is 37.2 Å². The first kappa shape index (κ1) is 88.6. The largest absolute Gasteiger partial charge is 0.455 e. The fourth-order valence-electron chi connectivity index (χ4n) is 4.11. The van der Waals surface area contributed by atoms with Gasteiger partial charge in [-0.15, -0.1) is 0 Å². The molecule has 7 heteroatoms. The summed E-state index contributed by atoms with van der Waals surface area (Å²) < 4.78 is 43.3. The molecule has 0 radical (unpaired) electrons. The molecule has 392 valence electrons. The van der Waals surface area contributed by atoms with Crippen LogP contribution in [0.1, 0.15) is 271 Å². The van der Waals surface area contributed by atoms with Gasteiger partial charge in [0.2, 0.25) is 0 Å². The summed E-state index contributed by atoms with van der Waals surface area (Å²) in [5.74, 6) is 0. The molecule has 0 aliphatic heterocycles. The molecule has 0 amide bonds. The van der Waals surface area contributed by atoms with Crippen LogP contribution in [-0.4, -0.2) is 34.0 Å². The van der Waals surface area contributed by atoms with Gasteiger partial charge in [-0.25, -0.2) is 0 Å². The first-order valence-electron chi connectivity index (χ1n) is 23.6. The second-order valence-corrected chi connectivity index (χ2v) is 34.5. The maximum absolute atomic E-state index is 10.4. The van der Waals surface area contributed by atoms with Crippen LogP contribution in [0, 0.1) is 27.1 Å². The Morgan fingerprint density at radius 2 is 0.500 bits per heavy atom. The number of rotatable bonds is 2. The smallest absolute Gasteiger partial charge is 0.386 e. The van der Waals surface area contributed by atoms with Gasteiger partial charge in [0.05, 0.1) is 11.2 Å². The molecule has 0 aliphatic rings. The van der Waals surface area contributed by atoms with Gasteiger partial charge in [0.1, 0.15) is 0 Å². The van der Waals surface area contributed by atoms with Crippen molar-refractivity contribution in [2.45, 2.75) is 325 Å². The molecule has 0 heterocycles. The van der Waals surface area contributed by atoms with Gasteiger partial charge in [0.25, 0.3) is 0 Å². The number of hydrogen-bond donors (Lipinski definition) is 0. The molecule has 0 N–H and O–H groups in total. The standard InChI is InChI=1S/C12H30OSi2.C12H24.C11H24.C8H18O.C2H3F3.4C2H6.2CH4/c1-11(2,3)14(7,8)13-15(9,10)12(4,5)6;1-9(11(3,4)5)10(2)12(6,7)8;1-9(2,3)11(7,8)10(4,5)6;1-7(2,3)9-8(4,5)6;1-2(3,4)5;4*1-2;;/h1-10H3;1-8H3;1-8H3;1-6H3;1H3;4*1-2H3;2*1H4/b;10-9-;;;;;;;;;. The average molecular weight is 938 g/mol. The molecular formula is C55H131F3O2Si2. The van der Waals surface area contributed by atoms with Crippen molar-refractivity contribution in [3.05, 3.63) is 11.1 Å². The van der Waals surface area contributed by atoms with Crippen molar-refractivity contribution < 1.29 is 22.0 Å². The number of hydrogen-bond acceptors (Lipinski definition) is 2. The minimum atomic E-state index is -4.00. The predicted octanol–water partition coefficient (Wildman–Crippen LogP) is 23.1. The third kappa shape index (κ3) is 50.9. The van der Waals surface area contributed by atoms with Crippen molar-refractivity contribution >= 4 is 16.6 Å². The van der Waals surface area contributed by atoms with Crippen molar-refractivity contribution in [2.24, 2.45) is 27.1 Å². The van der Waals surface area contributed by atoms with Crippen LogP contribution in [0.15, 0.2) is 11.1 Å². The van der Waals surface area contributed by atoms with Crippen LogP contribution in [0.4, 0.5) is 13.2 Å². The zero-order chi connectivity index (χ0) is 52.6. The number of ether oxygens (including phenoxy) is 1. The lowest BCUT2D eigenvalue weighted by Gasteiger charge is -2.49. The summed E-state index contributed by atoms with van der Waals surface area (Å²) in [7, 11) is -3.18. The van der Waals surface area contributed by atoms with E-state index in [1.54, 1.807) is 0 Å². The van der Waals surface area contributed by atoms with Crippen LogP contribution in [0.3, 0.4) is 0 Å². The van der Waals surface area contributed by atoms with E-state index in [0.717, 1.165) is 0 Å². The van der Waals surface area contributed by atoms with Crippen LogP contribution in [-0.2, 0) is 8.85 Å². The van der Waals surface area contributed by atoms with Gasteiger partial charge in [-0.1, -0.05) is 220 Å². The van der Waals surface area contributed by atoms with Gasteiger partial charge in [0.15, 0.2) is 16.6 Å². The molecule has 0 bridgehead atoms. The quantitative estimate of drug-likeness (QED) is 0.203. The Labute approximate surface area is 400 Å². The molecule has 0 spiro atoms. The third-order valence-corrected chi connectivity index (χ3v) is 22.6. The second-order valence-electron chi connectivity index (χ2n) is 24.6. The molecule has 2 nitrogen and oxygen atoms in total. The molecule has 0 saturated heterocycles. The van der Waals surface area contributed by atoms with E-state index in [1.807, 2.05) is 55.4 Å². The molecule has 62 heavy (non-hydrogen) atoms. The molecule has 0 atom stereocenters. The van der Waals surface area contributed by atoms with Gasteiger partial charge in [-0.3, -0.25) is 0 Å². The summed E-state index contributed by atoms with van der Waals surface area (Å²) in [5, 5.41) is 0.644. The maximum atomic E-state index is 10.4. The first-order valence-corrected chi connectivity index (χ1v) is 29.4. The Morgan fingerprint density at radius 3 is 0.548 bits per heavy atom. The van der Waals surface area contributed by atoms with Crippen molar-refractivity contribution in [3.63, 3.8) is 0 Å². The average Bonchev–Trinajstić information content (AvgIpc) is 2.95. The molecule has 0 aromatic heterocycles. The molecule has 0 aromatic rings. The van der Waals surface area contributed by atoms with Crippen molar-refractivity contribution in [2.75, 3.05) is 0 Å². The van der Waals surface area contributed by atoms with Crippen molar-refractivity contribution in [1.82, 2.24) is 0 Å². The van der Waals surface area contributed by atoms with Crippen LogP contribution < -0.4 is 0 Å². The Bertz CT molecular complexity index is 946. The third-order valence-electron chi connectivity index (χ3n) is 11.3. The minimum Gasteiger partial charge on any atom is -0.455 e. The summed E-state index contributed by atoms with van der Waals surface area (Å²) in [4.78, 5) is 0. The Morgan fingerprint density at radius 1 is 0.355 bits per heavy atom. The van der Waals surface area contributed by atoms with E-state index in [9.17, 15) is 13.2 Å². The highest BCUT2D eigenvalue weighted by atomic mass is 28.4. The van der Waals surface area contributed by atoms with E-state index in [4.69, 9.17) is 8.85 Å². The monoisotopic (exact) mass is 937 g/mol. The zero-order valence-electron chi connectivity index (χ0n) is 50.0. The van der Waals surface area contributed by atoms with E-state index < -0.39 is 22.8 Å². The topological polar surface area (TPSA) is 18.5 Å². The highest BCUT2D eigenvalue weighted by molar-refractivity contribution is 6.87. The fraction of sp³-hybridized carbons (Fsp3) is 0.964. The number of allylic oxidation sites excluding steroid dienone is 2. The molecule has 0 fully saturated rings. The SMILES string of the molecule is C.C.C/C(=C(\C)C(C)(C)C)C(C)(C)C.CC.CC.CC.CC.CC(C)(C)C(C)(C)C(C)(C)C.CC(C)(C)OC(C)(C)C.CC(C)(C)[Si](C)(C)O[Si](C)(C)C(C)(C)C.CC(F)(F)F. The van der Waals surface area contributed by atoms with Gasteiger partial charge < -0.3 is 8.85 Å². The van der Waals surface area contributed by atoms with Crippen LogP contribution in [0.2, 0.25) is 36.3 Å². The molecule has 0 saturated carbocycles. The van der Waals surface area contributed by atoms with Crippen LogP contribution >= 0.6 is 0 Å². The lowest BCUT2D eigenvalue weighted by Crippen LogP contribution is -2.53. The zero-order valence-corrected chi connectivity index (χ0v) is 52.0. The lowest BCUT2D eigenvalue weighted by molar-refractivity contribution is -0.110. The minimum absolute atomic E-state index is 0. The summed E-state index contributed by atoms with van der Waals surface area (Å²) in [6.45, 7) is 88.7. The van der Waals surface area contributed by atoms with E-state index in [-0.39, 0.29) is 33.0 Å². The molecule has 0 unspecified atom stereocenters. The van der Waals surface area contributed by atoms with Crippen LogP contribution in [0.25, 0.3) is 0 Å². The summed E-state index contributed by atoms with van der Waals surface area (Å²) >= 11 is 0. The molecule has 0 aromatic carbocycles. The molecular weight excluding hydrogens is 806 g/mol. The highest BCUT2D eigenvalue weighted by Crippen LogP contribution is 2.50. The van der Waals surface area contributed by atoms with Gasteiger partial charge >= 0.3 is 6.18 Å². The van der Waals surface area contributed by atoms with Gasteiger partial charge in [-0.05, 0) is 119 Å². The van der Waals surface area contributed by atoms with Crippen molar-refractivity contribution in [1.29, 1.82) is 0 Å². The summed E-state index contributed by atoms with van der Waals surface area (Å²) in [5.41, 5.74) is 4.78. The normalized spacial score (nSPS) is 13.0. The van der Waals surface area contributed by atoms with E-state index in [1.165, 1.54) is 11.1 Å². The van der Waals surface area contributed by atoms with Gasteiger partial charge in [-0.2, -0.15) is 13.2 Å². The van der Waals surface area contributed by atoms with E-state index in [2.05, 4.69) is 220 Å². The van der Waals surface area contributed by atoms with Gasteiger partial charge in [0, 0.05) is 6.92 Å². The Balaban J connectivity index is -0.0000000568. The highest BCUT2D eigenvalue weighted by Gasteiger charge is 2.46. The maximum Gasteiger partial charge on any atom is 0.386 e. The second kappa shape index (κ2) is 34.2. The lowest BCUT2D eigenvalue weighted by atomic mass is 9.56. The molecule has 0 aliphatic carbocycles. The number of alkyl halides is 3. The van der Waals surface area contributed by atoms with Crippen LogP contribution in [0.5, 0.6) is 0 Å². The summed E-state index contributed by atoms with van der Waals surface area (Å²) in [6, 6.07) is 0. The fourth-order valence-corrected chi connectivity index (χ4v) is 11.7. The first-order chi connectivity index (χ1) is 25.5. The van der Waals surface area contributed by atoms with Crippen molar-refractivity contribution in [3.8, 4) is 0 Å².